The van der Waals surface area contributed by atoms with Crippen molar-refractivity contribution in [3.05, 3.63) is 71.7 Å². The third kappa shape index (κ3) is 5.30. The van der Waals surface area contributed by atoms with E-state index in [9.17, 15) is 13.2 Å². The van der Waals surface area contributed by atoms with Crippen molar-refractivity contribution in [2.75, 3.05) is 37.9 Å². The number of anilines is 2. The molecule has 0 spiro atoms. The minimum atomic E-state index is -3.30. The van der Waals surface area contributed by atoms with Crippen molar-refractivity contribution >= 4 is 33.7 Å². The van der Waals surface area contributed by atoms with E-state index in [2.05, 4.69) is 20.5 Å². The molecule has 0 saturated carbocycles. The first-order valence-corrected chi connectivity index (χ1v) is 13.6. The number of rotatable bonds is 7. The topological polar surface area (TPSA) is 114 Å². The molecule has 10 heteroatoms. The third-order valence-corrected chi connectivity index (χ3v) is 7.36. The van der Waals surface area contributed by atoms with E-state index in [1.165, 1.54) is 6.26 Å². The number of nitrogens with one attached hydrogen (secondary N) is 2. The number of fused-ring (bicyclic) bond motifs is 1. The smallest absolute Gasteiger partial charge is 0.175 e. The number of benzene rings is 1. The van der Waals surface area contributed by atoms with Crippen LogP contribution < -0.4 is 10.6 Å². The first-order chi connectivity index (χ1) is 17.4. The van der Waals surface area contributed by atoms with Crippen LogP contribution >= 0.6 is 0 Å². The number of carbonyl (C=O) groups is 1. The lowest BCUT2D eigenvalue weighted by Gasteiger charge is -2.26. The molecule has 5 rings (SSSR count). The zero-order chi connectivity index (χ0) is 25.1. The number of morpholine rings is 1. The van der Waals surface area contributed by atoms with Gasteiger partial charge in [-0.25, -0.2) is 13.4 Å². The zero-order valence-corrected chi connectivity index (χ0v) is 20.7. The minimum absolute atomic E-state index is 0.232. The quantitative estimate of drug-likeness (QED) is 0.468. The molecule has 2 N–H and O–H groups in total. The molecule has 0 amide bonds. The molecule has 3 aromatic rings. The molecule has 186 valence electrons. The van der Waals surface area contributed by atoms with Gasteiger partial charge in [-0.3, -0.25) is 9.88 Å². The SMILES string of the molecule is CS(=O)(=O)c1ccc(Nc2nc(-c3ccc(CN4CCOCC4)nc3)cc3c2C(C=O)NC=C3)cc1. The van der Waals surface area contributed by atoms with Crippen LogP contribution in [0.15, 0.2) is 59.8 Å². The van der Waals surface area contributed by atoms with Gasteiger partial charge in [-0.2, -0.15) is 0 Å². The van der Waals surface area contributed by atoms with Crippen molar-refractivity contribution in [2.24, 2.45) is 0 Å². The van der Waals surface area contributed by atoms with E-state index in [1.54, 1.807) is 30.5 Å². The molecule has 0 radical (unpaired) electrons. The Morgan fingerprint density at radius 2 is 1.94 bits per heavy atom. The number of hydrogen-bond donors (Lipinski definition) is 2. The van der Waals surface area contributed by atoms with Crippen molar-refractivity contribution in [3.63, 3.8) is 0 Å². The second-order valence-electron chi connectivity index (χ2n) is 8.82. The fourth-order valence-electron chi connectivity index (χ4n) is 4.29. The van der Waals surface area contributed by atoms with Gasteiger partial charge in [0.05, 0.1) is 29.5 Å². The van der Waals surface area contributed by atoms with Crippen LogP contribution in [0, 0.1) is 0 Å². The molecule has 4 heterocycles. The molecule has 2 aliphatic rings. The van der Waals surface area contributed by atoms with Crippen LogP contribution in [0.25, 0.3) is 17.3 Å². The molecule has 2 aliphatic heterocycles. The summed E-state index contributed by atoms with van der Waals surface area (Å²) < 4.78 is 29.0. The van der Waals surface area contributed by atoms with Crippen LogP contribution in [-0.2, 0) is 25.9 Å². The number of sulfone groups is 1. The summed E-state index contributed by atoms with van der Waals surface area (Å²) in [7, 11) is -3.30. The number of nitrogens with zero attached hydrogens (tertiary/aromatic N) is 3. The summed E-state index contributed by atoms with van der Waals surface area (Å²) in [5.74, 6) is 0.515. The number of pyridine rings is 2. The molecule has 1 saturated heterocycles. The number of aldehydes is 1. The van der Waals surface area contributed by atoms with Crippen LogP contribution in [0.4, 0.5) is 11.5 Å². The van der Waals surface area contributed by atoms with Crippen LogP contribution in [0.2, 0.25) is 0 Å². The van der Waals surface area contributed by atoms with Gasteiger partial charge in [0.25, 0.3) is 0 Å². The molecular formula is C26H27N5O4S. The minimum Gasteiger partial charge on any atom is -0.379 e. The maximum atomic E-state index is 11.8. The van der Waals surface area contributed by atoms with E-state index in [4.69, 9.17) is 9.72 Å². The number of carbonyl (C=O) groups excluding carboxylic acids is 1. The van der Waals surface area contributed by atoms with Crippen molar-refractivity contribution in [3.8, 4) is 11.3 Å². The summed E-state index contributed by atoms with van der Waals surface area (Å²) in [6.45, 7) is 4.05. The maximum Gasteiger partial charge on any atom is 0.175 e. The second kappa shape index (κ2) is 10.2. The van der Waals surface area contributed by atoms with Gasteiger partial charge in [-0.05, 0) is 60.3 Å². The molecular weight excluding hydrogens is 478 g/mol. The molecule has 1 aromatic carbocycles. The number of hydrogen-bond acceptors (Lipinski definition) is 9. The van der Waals surface area contributed by atoms with Gasteiger partial charge in [0.2, 0.25) is 0 Å². The third-order valence-electron chi connectivity index (χ3n) is 6.23. The highest BCUT2D eigenvalue weighted by molar-refractivity contribution is 7.90. The summed E-state index contributed by atoms with van der Waals surface area (Å²) in [5, 5.41) is 6.32. The Morgan fingerprint density at radius 3 is 2.61 bits per heavy atom. The number of ether oxygens (including phenoxy) is 1. The second-order valence-corrected chi connectivity index (χ2v) is 10.8. The van der Waals surface area contributed by atoms with E-state index in [1.807, 2.05) is 30.5 Å². The Balaban J connectivity index is 1.46. The van der Waals surface area contributed by atoms with Crippen LogP contribution in [0.3, 0.4) is 0 Å². The Kier molecular flexibility index (Phi) is 6.82. The zero-order valence-electron chi connectivity index (χ0n) is 19.8. The van der Waals surface area contributed by atoms with Crippen LogP contribution in [0.1, 0.15) is 22.9 Å². The van der Waals surface area contributed by atoms with Gasteiger partial charge in [0.15, 0.2) is 9.84 Å². The molecule has 0 aliphatic carbocycles. The van der Waals surface area contributed by atoms with E-state index in [0.717, 1.165) is 61.5 Å². The summed E-state index contributed by atoms with van der Waals surface area (Å²) in [6, 6.07) is 11.8. The average molecular weight is 506 g/mol. The van der Waals surface area contributed by atoms with E-state index in [0.29, 0.717) is 17.2 Å². The van der Waals surface area contributed by atoms with Gasteiger partial charge in [0, 0.05) is 48.9 Å². The normalized spacial score (nSPS) is 17.8. The standard InChI is InChI=1S/C26H27N5O4S/c1-36(33,34)22-6-4-20(5-7-22)29-26-25-18(8-9-27-24(25)17-32)14-23(30-26)19-2-3-21(28-15-19)16-31-10-12-35-13-11-31/h2-9,14-15,17,24,27H,10-13,16H2,1H3,(H,29,30). The predicted octanol–water partition coefficient (Wildman–Crippen LogP) is 2.94. The average Bonchev–Trinajstić information content (AvgIpc) is 2.89. The molecule has 1 atom stereocenters. The van der Waals surface area contributed by atoms with Crippen molar-refractivity contribution in [2.45, 2.75) is 17.5 Å². The monoisotopic (exact) mass is 505 g/mol. The summed E-state index contributed by atoms with van der Waals surface area (Å²) in [6.07, 6.45) is 7.47. The Morgan fingerprint density at radius 1 is 1.17 bits per heavy atom. The number of aromatic nitrogens is 2. The van der Waals surface area contributed by atoms with Gasteiger partial charge in [-0.1, -0.05) is 0 Å². The van der Waals surface area contributed by atoms with Gasteiger partial charge < -0.3 is 20.2 Å². The lowest BCUT2D eigenvalue weighted by Crippen LogP contribution is -2.35. The highest BCUT2D eigenvalue weighted by Crippen LogP contribution is 2.34. The molecule has 36 heavy (non-hydrogen) atoms. The fraction of sp³-hybridized carbons (Fsp3) is 0.269. The van der Waals surface area contributed by atoms with E-state index < -0.39 is 15.9 Å². The van der Waals surface area contributed by atoms with Gasteiger partial charge in [0.1, 0.15) is 18.1 Å². The van der Waals surface area contributed by atoms with Crippen molar-refractivity contribution in [1.82, 2.24) is 20.2 Å². The molecule has 1 unspecified atom stereocenters. The van der Waals surface area contributed by atoms with Crippen molar-refractivity contribution < 1.29 is 17.9 Å². The maximum absolute atomic E-state index is 11.8. The van der Waals surface area contributed by atoms with E-state index >= 15 is 0 Å². The molecule has 1 fully saturated rings. The predicted molar refractivity (Wildman–Crippen MR) is 137 cm³/mol. The van der Waals surface area contributed by atoms with Crippen LogP contribution in [-0.4, -0.2) is 62.1 Å². The Bertz CT molecular complexity index is 1380. The van der Waals surface area contributed by atoms with Gasteiger partial charge in [-0.15, -0.1) is 0 Å². The molecule has 2 aromatic heterocycles. The first-order valence-electron chi connectivity index (χ1n) is 11.7. The molecule has 9 nitrogen and oxygen atoms in total. The molecule has 0 bridgehead atoms. The summed E-state index contributed by atoms with van der Waals surface area (Å²) in [5.41, 5.74) is 4.79. The Hall–Kier alpha value is -3.60. The fourth-order valence-corrected chi connectivity index (χ4v) is 4.93. The lowest BCUT2D eigenvalue weighted by molar-refractivity contribution is -0.109. The first kappa shape index (κ1) is 24.1. The Labute approximate surface area is 210 Å². The van der Waals surface area contributed by atoms with E-state index in [-0.39, 0.29) is 4.90 Å². The van der Waals surface area contributed by atoms with Gasteiger partial charge >= 0.3 is 0 Å². The lowest BCUT2D eigenvalue weighted by atomic mass is 9.97. The highest BCUT2D eigenvalue weighted by atomic mass is 32.2. The van der Waals surface area contributed by atoms with Crippen LogP contribution in [0.5, 0.6) is 0 Å². The summed E-state index contributed by atoms with van der Waals surface area (Å²) >= 11 is 0. The van der Waals surface area contributed by atoms with Crippen molar-refractivity contribution in [1.29, 1.82) is 0 Å². The summed E-state index contributed by atoms with van der Waals surface area (Å²) in [4.78, 5) is 23.8. The largest absolute Gasteiger partial charge is 0.379 e. The highest BCUT2D eigenvalue weighted by Gasteiger charge is 2.23.